The fraction of sp³-hybridized carbons (Fsp3) is 0.368. The van der Waals surface area contributed by atoms with Crippen LogP contribution in [0.15, 0.2) is 41.7 Å². The second kappa shape index (κ2) is 9.80. The van der Waals surface area contributed by atoms with Gasteiger partial charge >= 0.3 is 29.6 Å². The number of pyridine rings is 1. The number of H-pyrrole nitrogens is 1. The van der Waals surface area contributed by atoms with E-state index in [-0.39, 0.29) is 43.3 Å². The van der Waals surface area contributed by atoms with Gasteiger partial charge in [0.1, 0.15) is 25.6 Å². The van der Waals surface area contributed by atoms with Crippen molar-refractivity contribution in [1.82, 2.24) is 15.0 Å². The van der Waals surface area contributed by atoms with E-state index >= 15 is 0 Å². The van der Waals surface area contributed by atoms with Gasteiger partial charge in [0, 0.05) is 11.8 Å². The summed E-state index contributed by atoms with van der Waals surface area (Å²) in [4.78, 5) is 11.7. The topological polar surface area (TPSA) is 86.3 Å². The molecule has 1 N–H and O–H groups in total. The van der Waals surface area contributed by atoms with E-state index in [1.165, 1.54) is 0 Å². The molecule has 11 heteroatoms. The maximum Gasteiger partial charge on any atom is 1.00 e. The van der Waals surface area contributed by atoms with Crippen LogP contribution in [0.1, 0.15) is 12.7 Å². The van der Waals surface area contributed by atoms with Crippen molar-refractivity contribution in [3.05, 3.63) is 47.8 Å². The van der Waals surface area contributed by atoms with Gasteiger partial charge in [0.05, 0.1) is 33.3 Å². The van der Waals surface area contributed by atoms with Crippen molar-refractivity contribution >= 4 is 21.8 Å². The Hall–Kier alpha value is -1.43. The molecule has 0 amide bonds. The molecule has 156 valence electrons. The van der Waals surface area contributed by atoms with E-state index in [2.05, 4.69) is 15.0 Å². The Morgan fingerprint density at radius 3 is 2.77 bits per heavy atom. The first kappa shape index (κ1) is 23.2. The fourth-order valence-corrected chi connectivity index (χ4v) is 3.96. The molecule has 0 saturated carbocycles. The molecule has 1 unspecified atom stereocenters. The number of rotatable bonds is 6. The molecule has 7 nitrogen and oxygen atoms in total. The third-order valence-corrected chi connectivity index (χ3v) is 5.61. The van der Waals surface area contributed by atoms with Crippen LogP contribution in [-0.2, 0) is 26.0 Å². The first-order chi connectivity index (χ1) is 13.9. The van der Waals surface area contributed by atoms with Gasteiger partial charge in [-0.1, -0.05) is 12.1 Å². The third-order valence-electron chi connectivity index (χ3n) is 4.45. The molecule has 0 bridgehead atoms. The van der Waals surface area contributed by atoms with Crippen LogP contribution in [0.25, 0.3) is 11.0 Å². The normalized spacial score (nSPS) is 17.4. The largest absolute Gasteiger partial charge is 1.00 e. The van der Waals surface area contributed by atoms with Crippen LogP contribution in [-0.4, -0.2) is 51.2 Å². The Morgan fingerprint density at radius 2 is 2.03 bits per heavy atom. The van der Waals surface area contributed by atoms with Crippen LogP contribution in [0.3, 0.4) is 0 Å². The summed E-state index contributed by atoms with van der Waals surface area (Å²) in [6.07, 6.45) is 0.680. The predicted molar refractivity (Wildman–Crippen MR) is 102 cm³/mol. The summed E-state index contributed by atoms with van der Waals surface area (Å²) in [6, 6.07) is 9.10. The van der Waals surface area contributed by atoms with E-state index in [1.54, 1.807) is 19.2 Å². The zero-order chi connectivity index (χ0) is 20.4. The molecule has 2 aromatic heterocycles. The van der Waals surface area contributed by atoms with Gasteiger partial charge in [-0.15, -0.1) is 0 Å². The summed E-state index contributed by atoms with van der Waals surface area (Å²) in [7, 11) is -1.42. The first-order valence-electron chi connectivity index (χ1n) is 8.93. The molecule has 1 aliphatic heterocycles. The standard InChI is InChI=1S/C19H19F2N3O4S.Na.H/c1-12-15(9-29(25)18-23-13-4-2-3-5-14(13)24-18)22-7-6-16(12)26-8-17-27-10-19(20,21)11-28-17;;/h2-7,17H,8-11H2,1H3,(H,23,24);;/q;+1;-1. The zero-order valence-electron chi connectivity index (χ0n) is 17.6. The first-order valence-corrected chi connectivity index (χ1v) is 10.2. The monoisotopic (exact) mass is 447 g/mol. The average Bonchev–Trinajstić information content (AvgIpc) is 3.14. The molecule has 0 spiro atoms. The smallest absolute Gasteiger partial charge is 1.00 e. The Morgan fingerprint density at radius 1 is 1.30 bits per heavy atom. The number of aromatic nitrogens is 3. The molecule has 1 fully saturated rings. The molecule has 0 aliphatic carbocycles. The van der Waals surface area contributed by atoms with Gasteiger partial charge in [-0.25, -0.2) is 13.8 Å². The summed E-state index contributed by atoms with van der Waals surface area (Å²) in [5.74, 6) is -2.32. The van der Waals surface area contributed by atoms with E-state index in [9.17, 15) is 13.0 Å². The van der Waals surface area contributed by atoms with E-state index in [0.717, 1.165) is 11.0 Å². The number of para-hydroxylation sites is 2. The molecule has 3 heterocycles. The van der Waals surface area contributed by atoms with Gasteiger partial charge in [-0.05, 0) is 25.1 Å². The third kappa shape index (κ3) is 5.43. The summed E-state index contributed by atoms with van der Waals surface area (Å²) >= 11 is 0. The van der Waals surface area contributed by atoms with Crippen molar-refractivity contribution in [2.24, 2.45) is 0 Å². The van der Waals surface area contributed by atoms with Gasteiger partial charge in [0.25, 0.3) is 5.92 Å². The molecular weight excluding hydrogens is 427 g/mol. The predicted octanol–water partition coefficient (Wildman–Crippen LogP) is 0.0776. The number of halogens is 2. The number of aromatic amines is 1. The van der Waals surface area contributed by atoms with Gasteiger partial charge in [0.2, 0.25) is 0 Å². The molecule has 1 aliphatic rings. The quantitative estimate of drug-likeness (QED) is 0.539. The van der Waals surface area contributed by atoms with Crippen LogP contribution >= 0.6 is 0 Å². The van der Waals surface area contributed by atoms with Crippen LogP contribution in [0.4, 0.5) is 8.78 Å². The Bertz CT molecular complexity index is 1010. The van der Waals surface area contributed by atoms with Crippen LogP contribution in [0, 0.1) is 6.92 Å². The molecule has 3 aromatic rings. The number of imidazole rings is 1. The van der Waals surface area contributed by atoms with Crippen LogP contribution < -0.4 is 34.3 Å². The average molecular weight is 447 g/mol. The molecule has 1 atom stereocenters. The van der Waals surface area contributed by atoms with Crippen molar-refractivity contribution in [2.45, 2.75) is 30.0 Å². The van der Waals surface area contributed by atoms with Gasteiger partial charge in [0.15, 0.2) is 11.4 Å². The Balaban J connectivity index is 0.00000171. The molecule has 30 heavy (non-hydrogen) atoms. The van der Waals surface area contributed by atoms with Crippen molar-refractivity contribution in [3.8, 4) is 5.75 Å². The minimum Gasteiger partial charge on any atom is -1.00 e. The van der Waals surface area contributed by atoms with Gasteiger partial charge in [-0.2, -0.15) is 0 Å². The summed E-state index contributed by atoms with van der Waals surface area (Å²) in [5, 5.41) is 0.378. The molecule has 1 saturated heterocycles. The maximum absolute atomic E-state index is 13.1. The number of hydrogen-bond donors (Lipinski definition) is 1. The van der Waals surface area contributed by atoms with Crippen LogP contribution in [0.5, 0.6) is 5.75 Å². The molecule has 0 radical (unpaired) electrons. The SMILES string of the molecule is Cc1c(OCC2OCC(F)(F)CO2)ccnc1CS(=O)c1nc2ccccc2[nH]1.[H-].[Na+]. The summed E-state index contributed by atoms with van der Waals surface area (Å²) < 4.78 is 54.4. The zero-order valence-corrected chi connectivity index (χ0v) is 19.4. The summed E-state index contributed by atoms with van der Waals surface area (Å²) in [6.45, 7) is 0.368. The second-order valence-electron chi connectivity index (χ2n) is 6.65. The van der Waals surface area contributed by atoms with Crippen molar-refractivity contribution in [2.75, 3.05) is 19.8 Å². The van der Waals surface area contributed by atoms with Crippen molar-refractivity contribution in [3.63, 3.8) is 0 Å². The fourth-order valence-electron chi connectivity index (χ4n) is 2.86. The molecular formula is C19H20F2N3NaO4S. The minimum absolute atomic E-state index is 0. The maximum atomic E-state index is 13.1. The minimum atomic E-state index is -2.98. The molecule has 1 aromatic carbocycles. The van der Waals surface area contributed by atoms with E-state index in [1.807, 2.05) is 24.3 Å². The van der Waals surface area contributed by atoms with E-state index < -0.39 is 36.2 Å². The summed E-state index contributed by atoms with van der Waals surface area (Å²) in [5.41, 5.74) is 2.86. The molecule has 4 rings (SSSR count). The Labute approximate surface area is 197 Å². The number of nitrogens with one attached hydrogen (secondary N) is 1. The van der Waals surface area contributed by atoms with Crippen LogP contribution in [0.2, 0.25) is 0 Å². The number of ether oxygens (including phenoxy) is 3. The second-order valence-corrected chi connectivity index (χ2v) is 8.01. The number of alkyl halides is 2. The van der Waals surface area contributed by atoms with Crippen molar-refractivity contribution in [1.29, 1.82) is 0 Å². The Kier molecular flexibility index (Phi) is 7.59. The van der Waals surface area contributed by atoms with E-state index in [0.29, 0.717) is 22.2 Å². The van der Waals surface area contributed by atoms with Crippen molar-refractivity contribution < 1.29 is 58.2 Å². The number of benzene rings is 1. The van der Waals surface area contributed by atoms with Gasteiger partial charge < -0.3 is 20.6 Å². The number of hydrogen-bond acceptors (Lipinski definition) is 6. The van der Waals surface area contributed by atoms with E-state index in [4.69, 9.17) is 14.2 Å². The van der Waals surface area contributed by atoms with Gasteiger partial charge in [-0.3, -0.25) is 9.19 Å². The number of nitrogens with zero attached hydrogens (tertiary/aromatic N) is 2. The number of fused-ring (bicyclic) bond motifs is 1.